The molecule has 0 aliphatic carbocycles. The molecule has 0 unspecified atom stereocenters. The van der Waals surface area contributed by atoms with Gasteiger partial charge < -0.3 is 10.2 Å². The Bertz CT molecular complexity index is 1450. The van der Waals surface area contributed by atoms with Crippen molar-refractivity contribution in [3.05, 3.63) is 94.5 Å². The van der Waals surface area contributed by atoms with Crippen LogP contribution >= 0.6 is 0 Å². The highest BCUT2D eigenvalue weighted by atomic mass is 32.2. The van der Waals surface area contributed by atoms with Gasteiger partial charge >= 0.3 is 0 Å². The Hall–Kier alpha value is -3.65. The van der Waals surface area contributed by atoms with Gasteiger partial charge in [0.15, 0.2) is 0 Å². The Morgan fingerprint density at radius 1 is 0.825 bits per heavy atom. The molecular weight excluding hydrogens is 522 g/mol. The van der Waals surface area contributed by atoms with Gasteiger partial charge in [-0.25, -0.2) is 8.42 Å². The van der Waals surface area contributed by atoms with E-state index in [1.165, 1.54) is 9.21 Å². The number of rotatable bonds is 11. The van der Waals surface area contributed by atoms with Gasteiger partial charge in [0.05, 0.1) is 10.6 Å². The second-order valence-electron chi connectivity index (χ2n) is 10.9. The molecule has 3 rings (SSSR count). The Morgan fingerprint density at radius 2 is 1.45 bits per heavy atom. The van der Waals surface area contributed by atoms with Crippen LogP contribution in [0.1, 0.15) is 48.6 Å². The third kappa shape index (κ3) is 7.72. The summed E-state index contributed by atoms with van der Waals surface area (Å²) in [6.45, 7) is 13.4. The molecular formula is C32H41N3O4S. The Morgan fingerprint density at radius 3 is 2.08 bits per heavy atom. The molecule has 1 atom stereocenters. The predicted octanol–water partition coefficient (Wildman–Crippen LogP) is 5.31. The topological polar surface area (TPSA) is 86.8 Å². The van der Waals surface area contributed by atoms with Crippen molar-refractivity contribution in [2.75, 3.05) is 17.4 Å². The number of nitrogens with one attached hydrogen (secondary N) is 1. The van der Waals surface area contributed by atoms with E-state index in [-0.39, 0.29) is 23.3 Å². The zero-order valence-corrected chi connectivity index (χ0v) is 25.4. The molecule has 0 saturated heterocycles. The standard InChI is InChI=1S/C32H41N3O4S/c1-22(2)19-33-32(37)27(7)34(20-28-10-8-9-24(4)17-28)31(36)21-35(30-18-25(5)11-14-26(30)6)40(38,39)29-15-12-23(3)13-16-29/h8-18,22,27H,19-21H2,1-7H3,(H,33,37)/t27-/m1/s1. The smallest absolute Gasteiger partial charge is 0.264 e. The number of amides is 2. The van der Waals surface area contributed by atoms with Crippen molar-refractivity contribution in [2.24, 2.45) is 5.92 Å². The number of carbonyl (C=O) groups excluding carboxylic acids is 2. The number of hydrogen-bond donors (Lipinski definition) is 1. The van der Waals surface area contributed by atoms with E-state index in [9.17, 15) is 18.0 Å². The minimum atomic E-state index is -4.10. The lowest BCUT2D eigenvalue weighted by Gasteiger charge is -2.32. The highest BCUT2D eigenvalue weighted by Crippen LogP contribution is 2.28. The van der Waals surface area contributed by atoms with Crippen molar-refractivity contribution in [3.8, 4) is 0 Å². The van der Waals surface area contributed by atoms with Gasteiger partial charge in [-0.1, -0.05) is 73.5 Å². The van der Waals surface area contributed by atoms with Crippen molar-refractivity contribution in [1.82, 2.24) is 10.2 Å². The molecule has 0 spiro atoms. The average molecular weight is 564 g/mol. The normalized spacial score (nSPS) is 12.2. The predicted molar refractivity (Wildman–Crippen MR) is 161 cm³/mol. The van der Waals surface area contributed by atoms with Crippen molar-refractivity contribution in [1.29, 1.82) is 0 Å². The van der Waals surface area contributed by atoms with Gasteiger partial charge in [-0.2, -0.15) is 0 Å². The Kier molecular flexibility index (Phi) is 10.1. The SMILES string of the molecule is Cc1ccc(S(=O)(=O)N(CC(=O)N(Cc2cccc(C)c2)[C@H](C)C(=O)NCC(C)C)c2cc(C)ccc2C)cc1. The van der Waals surface area contributed by atoms with E-state index >= 15 is 0 Å². The average Bonchev–Trinajstić information content (AvgIpc) is 2.90. The Labute approximate surface area is 239 Å². The van der Waals surface area contributed by atoms with E-state index in [2.05, 4.69) is 5.32 Å². The van der Waals surface area contributed by atoms with Crippen LogP contribution in [0.15, 0.2) is 71.6 Å². The minimum absolute atomic E-state index is 0.0970. The maximum atomic E-state index is 14.1. The van der Waals surface area contributed by atoms with E-state index in [1.807, 2.05) is 77.9 Å². The summed E-state index contributed by atoms with van der Waals surface area (Å²) in [6, 6.07) is 19.0. The highest BCUT2D eigenvalue weighted by Gasteiger charge is 2.33. The van der Waals surface area contributed by atoms with Crippen molar-refractivity contribution in [3.63, 3.8) is 0 Å². The van der Waals surface area contributed by atoms with Crippen LogP contribution < -0.4 is 9.62 Å². The number of aryl methyl sites for hydroxylation is 4. The number of hydrogen-bond acceptors (Lipinski definition) is 4. The summed E-state index contributed by atoms with van der Waals surface area (Å²) in [5.74, 6) is -0.504. The minimum Gasteiger partial charge on any atom is -0.354 e. The number of anilines is 1. The quantitative estimate of drug-likeness (QED) is 0.343. The van der Waals surface area contributed by atoms with Gasteiger partial charge in [-0.05, 0) is 75.4 Å². The fraction of sp³-hybridized carbons (Fsp3) is 0.375. The van der Waals surface area contributed by atoms with Crippen LogP contribution in [0.4, 0.5) is 5.69 Å². The number of nitrogens with zero attached hydrogens (tertiary/aromatic N) is 2. The fourth-order valence-corrected chi connectivity index (χ4v) is 5.85. The molecule has 3 aromatic rings. The van der Waals surface area contributed by atoms with Crippen LogP contribution in [0.3, 0.4) is 0 Å². The monoisotopic (exact) mass is 563 g/mol. The second-order valence-corrected chi connectivity index (χ2v) is 12.8. The lowest BCUT2D eigenvalue weighted by molar-refractivity contribution is -0.139. The molecule has 2 amide bonds. The van der Waals surface area contributed by atoms with Crippen LogP contribution in [0.25, 0.3) is 0 Å². The number of carbonyl (C=O) groups is 2. The summed E-state index contributed by atoms with van der Waals surface area (Å²) in [6.07, 6.45) is 0. The first-order chi connectivity index (χ1) is 18.8. The van der Waals surface area contributed by atoms with E-state index in [1.54, 1.807) is 37.3 Å². The maximum Gasteiger partial charge on any atom is 0.264 e. The second kappa shape index (κ2) is 13.1. The molecule has 0 bridgehead atoms. The van der Waals surface area contributed by atoms with E-state index in [0.717, 1.165) is 27.8 Å². The maximum absolute atomic E-state index is 14.1. The summed E-state index contributed by atoms with van der Waals surface area (Å²) >= 11 is 0. The molecule has 7 nitrogen and oxygen atoms in total. The lowest BCUT2D eigenvalue weighted by atomic mass is 10.1. The molecule has 0 radical (unpaired) electrons. The van der Waals surface area contributed by atoms with E-state index < -0.39 is 28.5 Å². The highest BCUT2D eigenvalue weighted by molar-refractivity contribution is 7.92. The van der Waals surface area contributed by atoms with Crippen LogP contribution in [0.2, 0.25) is 0 Å². The van der Waals surface area contributed by atoms with Crippen LogP contribution in [0, 0.1) is 33.6 Å². The van der Waals surface area contributed by atoms with Gasteiger partial charge in [-0.3, -0.25) is 13.9 Å². The summed E-state index contributed by atoms with van der Waals surface area (Å²) in [5, 5.41) is 2.91. The number of benzene rings is 3. The summed E-state index contributed by atoms with van der Waals surface area (Å²) in [4.78, 5) is 28.7. The third-order valence-electron chi connectivity index (χ3n) is 6.81. The molecule has 8 heteroatoms. The van der Waals surface area contributed by atoms with Gasteiger partial charge in [0.2, 0.25) is 11.8 Å². The first-order valence-corrected chi connectivity index (χ1v) is 15.0. The molecule has 1 N–H and O–H groups in total. The zero-order valence-electron chi connectivity index (χ0n) is 24.6. The van der Waals surface area contributed by atoms with Crippen LogP contribution in [-0.2, 0) is 26.2 Å². The van der Waals surface area contributed by atoms with Gasteiger partial charge in [0, 0.05) is 13.1 Å². The van der Waals surface area contributed by atoms with E-state index in [0.29, 0.717) is 12.2 Å². The fourth-order valence-electron chi connectivity index (χ4n) is 4.38. The van der Waals surface area contributed by atoms with Gasteiger partial charge in [0.1, 0.15) is 12.6 Å². The first kappa shape index (κ1) is 30.9. The van der Waals surface area contributed by atoms with Crippen molar-refractivity contribution in [2.45, 2.75) is 65.9 Å². The Balaban J connectivity index is 2.06. The van der Waals surface area contributed by atoms with E-state index in [4.69, 9.17) is 0 Å². The first-order valence-electron chi connectivity index (χ1n) is 13.6. The molecule has 0 fully saturated rings. The molecule has 0 aliphatic heterocycles. The third-order valence-corrected chi connectivity index (χ3v) is 8.58. The van der Waals surface area contributed by atoms with Gasteiger partial charge in [0.25, 0.3) is 10.0 Å². The van der Waals surface area contributed by atoms with Crippen LogP contribution in [0.5, 0.6) is 0 Å². The van der Waals surface area contributed by atoms with Crippen LogP contribution in [-0.4, -0.2) is 44.3 Å². The molecule has 0 aliphatic rings. The molecule has 0 aromatic heterocycles. The molecule has 0 saturated carbocycles. The van der Waals surface area contributed by atoms with Gasteiger partial charge in [-0.15, -0.1) is 0 Å². The summed E-state index contributed by atoms with van der Waals surface area (Å²) in [7, 11) is -4.10. The molecule has 0 heterocycles. The van der Waals surface area contributed by atoms with Crippen molar-refractivity contribution < 1.29 is 18.0 Å². The lowest BCUT2D eigenvalue weighted by Crippen LogP contribution is -2.51. The summed E-state index contributed by atoms with van der Waals surface area (Å²) < 4.78 is 29.2. The molecule has 40 heavy (non-hydrogen) atoms. The molecule has 214 valence electrons. The molecule has 3 aromatic carbocycles. The largest absolute Gasteiger partial charge is 0.354 e. The zero-order chi connectivity index (χ0) is 29.6. The summed E-state index contributed by atoms with van der Waals surface area (Å²) in [5.41, 5.74) is 4.84. The van der Waals surface area contributed by atoms with Crippen molar-refractivity contribution >= 4 is 27.5 Å². The number of sulfonamides is 1.